The molecule has 12 heteroatoms. The zero-order valence-corrected chi connectivity index (χ0v) is 35.6. The van der Waals surface area contributed by atoms with Crippen LogP contribution in [-0.4, -0.2) is 59.2 Å². The van der Waals surface area contributed by atoms with Crippen LogP contribution >= 0.6 is 11.6 Å². The Hall–Kier alpha value is -3.90. The number of anilines is 2. The van der Waals surface area contributed by atoms with Crippen molar-refractivity contribution in [2.75, 3.05) is 18.1 Å². The minimum absolute atomic E-state index is 0.0126. The minimum atomic E-state index is -2.13. The summed E-state index contributed by atoms with van der Waals surface area (Å²) in [6.45, 7) is 20.5. The molecule has 2 aromatic heterocycles. The van der Waals surface area contributed by atoms with Crippen LogP contribution in [0.1, 0.15) is 105 Å². The number of halogens is 1. The molecule has 0 radical (unpaired) electrons. The fraction of sp³-hybridized carbons (Fsp3) is 0.500. The first-order valence-corrected chi connectivity index (χ1v) is 22.1. The molecule has 1 amide bonds. The smallest absolute Gasteiger partial charge is 0.336 e. The molecule has 2 aromatic carbocycles. The maximum Gasteiger partial charge on any atom is 0.336 e. The molecule has 1 fully saturated rings. The highest BCUT2D eigenvalue weighted by molar-refractivity contribution is 6.74. The average Bonchev–Trinajstić information content (AvgIpc) is 3.58. The van der Waals surface area contributed by atoms with Crippen LogP contribution in [0.25, 0.3) is 11.3 Å². The van der Waals surface area contributed by atoms with Crippen LogP contribution in [-0.2, 0) is 35.4 Å². The Kier molecular flexibility index (Phi) is 12.3. The lowest BCUT2D eigenvalue weighted by Crippen LogP contribution is -2.43. The van der Waals surface area contributed by atoms with E-state index >= 15 is 4.79 Å². The van der Waals surface area contributed by atoms with Crippen molar-refractivity contribution in [2.45, 2.75) is 110 Å². The third-order valence-electron chi connectivity index (χ3n) is 10.8. The highest BCUT2D eigenvalue weighted by Gasteiger charge is 2.39. The van der Waals surface area contributed by atoms with Crippen LogP contribution in [0.2, 0.25) is 23.2 Å². The van der Waals surface area contributed by atoms with E-state index in [4.69, 9.17) is 30.6 Å². The SMILES string of the molecule is Cc1c(C(=O)N(c2ccc(O[Si](C)(C)C(C)(C)C)cc2)c2c(C(C)(C)C)nn(C)c2CCCOC2CCCCO2)cc(-c2cc(Cl)ccc2C(=O)O)n1C. The number of carboxylic acids is 1. The van der Waals surface area contributed by atoms with Gasteiger partial charge in [-0.15, -0.1) is 0 Å². The number of hydrogen-bond acceptors (Lipinski definition) is 6. The maximum atomic E-state index is 15.3. The van der Waals surface area contributed by atoms with Crippen LogP contribution in [0.15, 0.2) is 48.5 Å². The Morgan fingerprint density at radius 1 is 1.02 bits per heavy atom. The van der Waals surface area contributed by atoms with Crippen molar-refractivity contribution in [3.63, 3.8) is 0 Å². The Labute approximate surface area is 326 Å². The number of hydrogen-bond donors (Lipinski definition) is 1. The summed E-state index contributed by atoms with van der Waals surface area (Å²) in [6.07, 6.45) is 4.18. The molecule has 1 aliphatic heterocycles. The fourth-order valence-corrected chi connectivity index (χ4v) is 7.74. The number of benzene rings is 2. The van der Waals surface area contributed by atoms with E-state index in [1.807, 2.05) is 54.5 Å². The van der Waals surface area contributed by atoms with Gasteiger partial charge in [0, 0.05) is 53.8 Å². The zero-order valence-electron chi connectivity index (χ0n) is 33.8. The van der Waals surface area contributed by atoms with Crippen molar-refractivity contribution in [3.8, 4) is 17.0 Å². The molecule has 0 spiro atoms. The number of carboxylic acid groups (broad SMARTS) is 1. The molecule has 0 saturated carbocycles. The summed E-state index contributed by atoms with van der Waals surface area (Å²) in [7, 11) is 1.63. The Morgan fingerprint density at radius 2 is 1.70 bits per heavy atom. The summed E-state index contributed by atoms with van der Waals surface area (Å²) >= 11 is 6.39. The van der Waals surface area contributed by atoms with Gasteiger partial charge in [0.1, 0.15) is 5.75 Å². The van der Waals surface area contributed by atoms with Gasteiger partial charge in [-0.3, -0.25) is 14.4 Å². The highest BCUT2D eigenvalue weighted by atomic mass is 35.5. The number of carbonyl (C=O) groups is 2. The van der Waals surface area contributed by atoms with Gasteiger partial charge in [0.2, 0.25) is 8.32 Å². The van der Waals surface area contributed by atoms with Gasteiger partial charge in [0.05, 0.1) is 34.8 Å². The van der Waals surface area contributed by atoms with Crippen molar-refractivity contribution < 1.29 is 28.6 Å². The molecule has 4 aromatic rings. The molecule has 54 heavy (non-hydrogen) atoms. The lowest BCUT2D eigenvalue weighted by Gasteiger charge is -2.36. The van der Waals surface area contributed by atoms with Gasteiger partial charge in [0.25, 0.3) is 5.91 Å². The topological polar surface area (TPSA) is 108 Å². The average molecular weight is 777 g/mol. The molecule has 1 unspecified atom stereocenters. The first kappa shape index (κ1) is 41.3. The second-order valence-electron chi connectivity index (χ2n) is 16.9. The Balaban J connectivity index is 1.64. The summed E-state index contributed by atoms with van der Waals surface area (Å²) in [5, 5.41) is 15.5. The predicted molar refractivity (Wildman–Crippen MR) is 218 cm³/mol. The lowest BCUT2D eigenvalue weighted by molar-refractivity contribution is -0.162. The van der Waals surface area contributed by atoms with Gasteiger partial charge in [-0.05, 0) is 106 Å². The molecule has 3 heterocycles. The molecule has 292 valence electrons. The molecule has 1 saturated heterocycles. The largest absolute Gasteiger partial charge is 0.544 e. The number of amides is 1. The summed E-state index contributed by atoms with van der Waals surface area (Å²) in [5.41, 5.74) is 4.85. The molecule has 5 rings (SSSR count). The molecule has 1 N–H and O–H groups in total. The van der Waals surface area contributed by atoms with E-state index in [0.717, 1.165) is 48.7 Å². The van der Waals surface area contributed by atoms with E-state index in [0.29, 0.717) is 52.7 Å². The third kappa shape index (κ3) is 8.80. The van der Waals surface area contributed by atoms with Crippen molar-refractivity contribution >= 4 is 43.2 Å². The standard InChI is InChI=1S/C42H57ClN4O6Si/c1-27-32(26-35(45(27)8)33-25-28(43)17-22-31(33)40(49)50)39(48)47(29-18-20-30(21-19-29)53-54(10,11)42(5,6)7)37-34(46(9)44-38(37)41(2,3)4)15-14-24-52-36-16-12-13-23-51-36/h17-22,25-26,36H,12-16,23-24H2,1-11H3,(H,49,50). The van der Waals surface area contributed by atoms with Crippen molar-refractivity contribution in [1.82, 2.24) is 14.3 Å². The number of carbonyl (C=O) groups excluding carboxylic acids is 1. The Morgan fingerprint density at radius 3 is 2.30 bits per heavy atom. The maximum absolute atomic E-state index is 15.3. The first-order valence-electron chi connectivity index (χ1n) is 18.8. The highest BCUT2D eigenvalue weighted by Crippen LogP contribution is 2.42. The van der Waals surface area contributed by atoms with Crippen molar-refractivity contribution in [2.24, 2.45) is 14.1 Å². The number of ether oxygens (including phenoxy) is 2. The molecule has 0 aliphatic carbocycles. The fourth-order valence-electron chi connectivity index (χ4n) is 6.53. The van der Waals surface area contributed by atoms with Gasteiger partial charge in [-0.1, -0.05) is 53.1 Å². The zero-order chi connectivity index (χ0) is 39.7. The van der Waals surface area contributed by atoms with Crippen LogP contribution in [0.3, 0.4) is 0 Å². The van der Waals surface area contributed by atoms with E-state index in [1.54, 1.807) is 23.1 Å². The van der Waals surface area contributed by atoms with Crippen molar-refractivity contribution in [1.29, 1.82) is 0 Å². The molecule has 1 aliphatic rings. The number of aryl methyl sites for hydroxylation is 1. The second-order valence-corrected chi connectivity index (χ2v) is 22.0. The summed E-state index contributed by atoms with van der Waals surface area (Å²) in [4.78, 5) is 29.4. The summed E-state index contributed by atoms with van der Waals surface area (Å²) in [6, 6.07) is 14.2. The molecule has 0 bridgehead atoms. The number of aromatic nitrogens is 3. The van der Waals surface area contributed by atoms with Crippen LogP contribution < -0.4 is 9.33 Å². The third-order valence-corrected chi connectivity index (χ3v) is 15.4. The number of rotatable bonds is 12. The minimum Gasteiger partial charge on any atom is -0.544 e. The summed E-state index contributed by atoms with van der Waals surface area (Å²) in [5.74, 6) is -0.593. The number of aromatic carboxylic acids is 1. The molecular formula is C42H57ClN4O6Si. The van der Waals surface area contributed by atoms with E-state index in [-0.39, 0.29) is 22.8 Å². The Bertz CT molecular complexity index is 1980. The molecule has 1 atom stereocenters. The van der Waals surface area contributed by atoms with Gasteiger partial charge in [-0.2, -0.15) is 5.10 Å². The van der Waals surface area contributed by atoms with Gasteiger partial charge in [-0.25, -0.2) is 4.79 Å². The second kappa shape index (κ2) is 16.1. The van der Waals surface area contributed by atoms with E-state index in [9.17, 15) is 9.90 Å². The van der Waals surface area contributed by atoms with Gasteiger partial charge < -0.3 is 23.6 Å². The van der Waals surface area contributed by atoms with E-state index in [1.165, 1.54) is 6.07 Å². The summed E-state index contributed by atoms with van der Waals surface area (Å²) < 4.78 is 22.3. The van der Waals surface area contributed by atoms with Gasteiger partial charge >= 0.3 is 5.97 Å². The molecule has 10 nitrogen and oxygen atoms in total. The van der Waals surface area contributed by atoms with Crippen molar-refractivity contribution in [3.05, 3.63) is 81.8 Å². The normalized spacial score (nSPS) is 15.4. The van der Waals surface area contributed by atoms with Crippen LogP contribution in [0.5, 0.6) is 5.75 Å². The van der Waals surface area contributed by atoms with Gasteiger partial charge in [0.15, 0.2) is 6.29 Å². The predicted octanol–water partition coefficient (Wildman–Crippen LogP) is 10.2. The molecular weight excluding hydrogens is 720 g/mol. The number of nitrogens with zero attached hydrogens (tertiary/aromatic N) is 4. The van der Waals surface area contributed by atoms with E-state index < -0.39 is 19.7 Å². The first-order chi connectivity index (χ1) is 25.2. The lowest BCUT2D eigenvalue weighted by atomic mass is 9.89. The van der Waals surface area contributed by atoms with E-state index in [2.05, 4.69) is 54.6 Å². The quantitative estimate of drug-likeness (QED) is 0.113. The van der Waals surface area contributed by atoms with Crippen LogP contribution in [0.4, 0.5) is 11.4 Å². The monoisotopic (exact) mass is 776 g/mol. The van der Waals surface area contributed by atoms with Crippen LogP contribution in [0, 0.1) is 6.92 Å².